The summed E-state index contributed by atoms with van der Waals surface area (Å²) in [5.41, 5.74) is 0.614. The second-order valence-corrected chi connectivity index (χ2v) is 7.30. The molecule has 27 heavy (non-hydrogen) atoms. The Bertz CT molecular complexity index is 837. The van der Waals surface area contributed by atoms with E-state index in [0.717, 1.165) is 5.13 Å². The molecule has 0 saturated carbocycles. The van der Waals surface area contributed by atoms with Gasteiger partial charge in [-0.05, 0) is 18.2 Å². The van der Waals surface area contributed by atoms with Crippen LogP contribution < -0.4 is 13.9 Å². The third-order valence-corrected chi connectivity index (χ3v) is 5.80. The monoisotopic (exact) mass is 413 g/mol. The number of rotatable bonds is 6. The molecule has 0 spiro atoms. The molecule has 1 aliphatic heterocycles. The molecule has 1 atom stereocenters. The fraction of sp³-hybridized carbons (Fsp3) is 0.375. The van der Waals surface area contributed by atoms with Crippen LogP contribution in [-0.4, -0.2) is 60.2 Å². The van der Waals surface area contributed by atoms with Crippen LogP contribution in [0.25, 0.3) is 0 Å². The lowest BCUT2D eigenvalue weighted by Crippen LogP contribution is -2.36. The molecule has 11 heteroatoms. The van der Waals surface area contributed by atoms with Gasteiger partial charge in [-0.25, -0.2) is 18.3 Å². The summed E-state index contributed by atoms with van der Waals surface area (Å²) in [6.45, 7) is 2.67. The van der Waals surface area contributed by atoms with Crippen LogP contribution in [0.15, 0.2) is 24.4 Å². The maximum absolute atomic E-state index is 12.1. The Morgan fingerprint density at radius 3 is 2.74 bits per heavy atom. The third kappa shape index (κ3) is 4.21. The first kappa shape index (κ1) is 19.5. The van der Waals surface area contributed by atoms with E-state index in [1.165, 1.54) is 54.3 Å². The molecule has 0 bridgehead atoms. The second kappa shape index (κ2) is 8.65. The van der Waals surface area contributed by atoms with Gasteiger partial charge in [0.05, 0.1) is 44.9 Å². The first-order valence-electron chi connectivity index (χ1n) is 8.01. The molecule has 1 fully saturated rings. The number of hydrogen-bond donors (Lipinski definition) is 1. The van der Waals surface area contributed by atoms with Gasteiger partial charge in [-0.2, -0.15) is 0 Å². The number of morpholine rings is 1. The fourth-order valence-corrected chi connectivity index (χ4v) is 4.34. The average Bonchev–Trinajstić information content (AvgIpc) is 3.17. The van der Waals surface area contributed by atoms with Crippen molar-refractivity contribution in [2.24, 2.45) is 0 Å². The fourth-order valence-electron chi connectivity index (χ4n) is 2.62. The van der Waals surface area contributed by atoms with E-state index in [9.17, 15) is 13.6 Å². The molecule has 1 N–H and O–H groups in total. The molecule has 3 rings (SSSR count). The summed E-state index contributed by atoms with van der Waals surface area (Å²) in [5.74, 6) is -0.259. The molecule has 1 aliphatic rings. The summed E-state index contributed by atoms with van der Waals surface area (Å²) in [4.78, 5) is 18.2. The Morgan fingerprint density at radius 2 is 2.11 bits per heavy atom. The van der Waals surface area contributed by atoms with Crippen molar-refractivity contribution < 1.29 is 27.8 Å². The predicted octanol–water partition coefficient (Wildman–Crippen LogP) is 2.05. The van der Waals surface area contributed by atoms with Crippen LogP contribution in [-0.2, 0) is 20.7 Å². The van der Waals surface area contributed by atoms with E-state index in [-0.39, 0.29) is 11.3 Å². The maximum Gasteiger partial charge on any atom is 0.337 e. The normalized spacial score (nSPS) is 15.3. The molecule has 146 valence electrons. The molecule has 0 radical (unpaired) electrons. The minimum atomic E-state index is -2.36. The van der Waals surface area contributed by atoms with E-state index in [1.54, 1.807) is 0 Å². The number of methoxy groups -OCH3 is 2. The van der Waals surface area contributed by atoms with Crippen molar-refractivity contribution in [1.29, 1.82) is 0 Å². The quantitative estimate of drug-likeness (QED) is 0.567. The highest BCUT2D eigenvalue weighted by molar-refractivity contribution is 7.81. The average molecular weight is 413 g/mol. The standard InChI is InChI=1S/C16H19N3O6S2/c1-23-13-9-11(15(20)24-2)3-4-12(13)19(27(21)22)14-10-17-16(26-14)18-5-7-25-8-6-18/h3-4,9-10H,5-8H2,1-2H3,(H,21,22). The van der Waals surface area contributed by atoms with Crippen LogP contribution in [0.2, 0.25) is 0 Å². The Balaban J connectivity index is 1.95. The van der Waals surface area contributed by atoms with E-state index in [2.05, 4.69) is 9.88 Å². The number of carbonyl (C=O) groups excluding carboxylic acids is 1. The first-order chi connectivity index (χ1) is 13.0. The maximum atomic E-state index is 12.1. The Hall–Kier alpha value is -2.21. The van der Waals surface area contributed by atoms with Crippen molar-refractivity contribution in [2.45, 2.75) is 0 Å². The van der Waals surface area contributed by atoms with Crippen LogP contribution in [0.4, 0.5) is 15.8 Å². The number of benzene rings is 1. The van der Waals surface area contributed by atoms with Crippen molar-refractivity contribution in [3.05, 3.63) is 30.0 Å². The van der Waals surface area contributed by atoms with E-state index < -0.39 is 17.2 Å². The van der Waals surface area contributed by atoms with Crippen LogP contribution >= 0.6 is 11.3 Å². The lowest BCUT2D eigenvalue weighted by Gasteiger charge is -2.26. The largest absolute Gasteiger partial charge is 0.495 e. The number of aromatic nitrogens is 1. The van der Waals surface area contributed by atoms with Gasteiger partial charge < -0.3 is 19.1 Å². The topological polar surface area (TPSA) is 101 Å². The summed E-state index contributed by atoms with van der Waals surface area (Å²) in [5, 5.41) is 1.22. The number of anilines is 3. The van der Waals surface area contributed by atoms with E-state index >= 15 is 0 Å². The van der Waals surface area contributed by atoms with Gasteiger partial charge in [0.25, 0.3) is 11.3 Å². The van der Waals surface area contributed by atoms with Crippen LogP contribution in [0.1, 0.15) is 10.4 Å². The molecular weight excluding hydrogens is 394 g/mol. The molecule has 1 aromatic heterocycles. The summed E-state index contributed by atoms with van der Waals surface area (Å²) in [6, 6.07) is 4.51. The van der Waals surface area contributed by atoms with Gasteiger partial charge in [-0.3, -0.25) is 4.55 Å². The summed E-state index contributed by atoms with van der Waals surface area (Å²) >= 11 is -1.07. The highest BCUT2D eigenvalue weighted by Crippen LogP contribution is 2.40. The summed E-state index contributed by atoms with van der Waals surface area (Å²) in [7, 11) is 2.70. The van der Waals surface area contributed by atoms with E-state index in [4.69, 9.17) is 14.2 Å². The van der Waals surface area contributed by atoms with Gasteiger partial charge in [-0.1, -0.05) is 11.3 Å². The number of esters is 1. The van der Waals surface area contributed by atoms with Gasteiger partial charge in [0.1, 0.15) is 10.8 Å². The van der Waals surface area contributed by atoms with Gasteiger partial charge >= 0.3 is 5.97 Å². The highest BCUT2D eigenvalue weighted by atomic mass is 32.2. The van der Waals surface area contributed by atoms with Crippen molar-refractivity contribution >= 4 is 44.4 Å². The molecule has 2 heterocycles. The molecule has 0 amide bonds. The zero-order valence-electron chi connectivity index (χ0n) is 14.8. The van der Waals surface area contributed by atoms with Gasteiger partial charge in [-0.15, -0.1) is 0 Å². The molecule has 1 aromatic carbocycles. The van der Waals surface area contributed by atoms with Crippen molar-refractivity contribution in [1.82, 2.24) is 4.98 Å². The van der Waals surface area contributed by atoms with Crippen molar-refractivity contribution in [2.75, 3.05) is 49.7 Å². The van der Waals surface area contributed by atoms with Gasteiger partial charge in [0.2, 0.25) is 0 Å². The van der Waals surface area contributed by atoms with Crippen LogP contribution in [0, 0.1) is 0 Å². The Kier molecular flexibility index (Phi) is 6.26. The molecule has 2 aromatic rings. The van der Waals surface area contributed by atoms with E-state index in [0.29, 0.717) is 37.0 Å². The SMILES string of the molecule is COC(=O)c1ccc(N(c2cnc(N3CCOCC3)s2)S(=O)O)c(OC)c1. The third-order valence-electron chi connectivity index (χ3n) is 3.94. The zero-order chi connectivity index (χ0) is 19.4. The smallest absolute Gasteiger partial charge is 0.337 e. The minimum absolute atomic E-state index is 0.265. The molecular formula is C16H19N3O6S2. The summed E-state index contributed by atoms with van der Waals surface area (Å²) < 4.78 is 38.5. The number of hydrogen-bond acceptors (Lipinski definition) is 8. The Labute approximate surface area is 162 Å². The van der Waals surface area contributed by atoms with E-state index in [1.807, 2.05) is 0 Å². The number of carbonyl (C=O) groups is 1. The number of ether oxygens (including phenoxy) is 3. The zero-order valence-corrected chi connectivity index (χ0v) is 16.4. The van der Waals surface area contributed by atoms with Crippen molar-refractivity contribution in [3.8, 4) is 5.75 Å². The highest BCUT2D eigenvalue weighted by Gasteiger charge is 2.24. The molecule has 1 saturated heterocycles. The summed E-state index contributed by atoms with van der Waals surface area (Å²) in [6.07, 6.45) is 1.54. The van der Waals surface area contributed by atoms with Crippen LogP contribution in [0.5, 0.6) is 5.75 Å². The minimum Gasteiger partial charge on any atom is -0.495 e. The second-order valence-electron chi connectivity index (χ2n) is 5.48. The van der Waals surface area contributed by atoms with Crippen molar-refractivity contribution in [3.63, 3.8) is 0 Å². The lowest BCUT2D eigenvalue weighted by atomic mass is 10.2. The van der Waals surface area contributed by atoms with Gasteiger partial charge in [0, 0.05) is 13.1 Å². The molecule has 9 nitrogen and oxygen atoms in total. The number of nitrogens with zero attached hydrogens (tertiary/aromatic N) is 3. The van der Waals surface area contributed by atoms with Gasteiger partial charge in [0.15, 0.2) is 5.13 Å². The molecule has 1 unspecified atom stereocenters. The first-order valence-corrected chi connectivity index (χ1v) is 9.89. The lowest BCUT2D eigenvalue weighted by molar-refractivity contribution is 0.0600. The molecule has 0 aliphatic carbocycles. The number of thiazole rings is 1. The Morgan fingerprint density at radius 1 is 1.37 bits per heavy atom. The predicted molar refractivity (Wildman–Crippen MR) is 102 cm³/mol. The van der Waals surface area contributed by atoms with Crippen LogP contribution in [0.3, 0.4) is 0 Å².